The first-order valence-corrected chi connectivity index (χ1v) is 6.85. The fourth-order valence-corrected chi connectivity index (χ4v) is 2.28. The van der Waals surface area contributed by atoms with Crippen LogP contribution in [0.2, 0.25) is 0 Å². The molecule has 1 fully saturated rings. The molecule has 0 aromatic carbocycles. The monoisotopic (exact) mass is 280 g/mol. The number of H-pyrrole nitrogens is 1. The number of anilines is 1. The van der Waals surface area contributed by atoms with Crippen molar-refractivity contribution < 1.29 is 9.53 Å². The maximum absolute atomic E-state index is 11.8. The highest BCUT2D eigenvalue weighted by molar-refractivity contribution is 5.67. The molecule has 7 nitrogen and oxygen atoms in total. The van der Waals surface area contributed by atoms with Gasteiger partial charge in [-0.15, -0.1) is 0 Å². The number of carbonyl (C=O) groups is 1. The quantitative estimate of drug-likeness (QED) is 0.853. The van der Waals surface area contributed by atoms with Crippen LogP contribution >= 0.6 is 0 Å². The fraction of sp³-hybridized carbons (Fsp3) is 0.615. The topological polar surface area (TPSA) is 101 Å². The molecule has 0 saturated carbocycles. The van der Waals surface area contributed by atoms with E-state index in [2.05, 4.69) is 9.97 Å². The van der Waals surface area contributed by atoms with Gasteiger partial charge in [-0.1, -0.05) is 0 Å². The Labute approximate surface area is 117 Å². The van der Waals surface area contributed by atoms with Crippen LogP contribution in [-0.2, 0) is 11.2 Å². The molecule has 0 spiro atoms. The molecule has 0 radical (unpaired) electrons. The van der Waals surface area contributed by atoms with Gasteiger partial charge in [0.2, 0.25) is 0 Å². The zero-order chi connectivity index (χ0) is 14.5. The van der Waals surface area contributed by atoms with Crippen molar-refractivity contribution in [1.82, 2.24) is 14.9 Å². The van der Waals surface area contributed by atoms with E-state index in [1.165, 1.54) is 0 Å². The Morgan fingerprint density at radius 1 is 1.40 bits per heavy atom. The van der Waals surface area contributed by atoms with Crippen LogP contribution in [0, 0.1) is 6.92 Å². The summed E-state index contributed by atoms with van der Waals surface area (Å²) in [5.41, 5.74) is 5.79. The largest absolute Gasteiger partial charge is 0.449 e. The number of amides is 1. The van der Waals surface area contributed by atoms with E-state index in [9.17, 15) is 9.59 Å². The lowest BCUT2D eigenvalue weighted by atomic mass is 10.1. The van der Waals surface area contributed by atoms with Crippen LogP contribution in [0.1, 0.15) is 30.7 Å². The molecule has 1 amide bonds. The van der Waals surface area contributed by atoms with E-state index < -0.39 is 0 Å². The normalized spacial score (nSPS) is 15.2. The molecular weight excluding hydrogens is 260 g/mol. The standard InChI is InChI=1S/C13H20N4O3/c1-9-15-11(14)10(12(18)16-9)5-8-20-13(19)17-6-3-2-4-7-17/h2-8H2,1H3,(H3,14,15,16,18). The number of carbonyl (C=O) groups excluding carboxylic acids is 1. The second kappa shape index (κ2) is 6.40. The van der Waals surface area contributed by atoms with Crippen LogP contribution in [0.5, 0.6) is 0 Å². The summed E-state index contributed by atoms with van der Waals surface area (Å²) in [6, 6.07) is 0. The molecule has 7 heteroatoms. The van der Waals surface area contributed by atoms with Gasteiger partial charge < -0.3 is 20.4 Å². The Bertz CT molecular complexity index is 535. The number of hydrogen-bond donors (Lipinski definition) is 2. The highest BCUT2D eigenvalue weighted by Gasteiger charge is 2.18. The number of nitrogens with zero attached hydrogens (tertiary/aromatic N) is 2. The van der Waals surface area contributed by atoms with Crippen molar-refractivity contribution >= 4 is 11.9 Å². The Morgan fingerprint density at radius 2 is 2.10 bits per heavy atom. The van der Waals surface area contributed by atoms with Crippen LogP contribution < -0.4 is 11.3 Å². The average molecular weight is 280 g/mol. The molecule has 110 valence electrons. The predicted octanol–water partition coefficient (Wildman–Crippen LogP) is 0.826. The number of aromatic nitrogens is 2. The van der Waals surface area contributed by atoms with E-state index in [1.807, 2.05) is 0 Å². The van der Waals surface area contributed by atoms with Crippen molar-refractivity contribution in [2.24, 2.45) is 0 Å². The Morgan fingerprint density at radius 3 is 2.75 bits per heavy atom. The number of likely N-dealkylation sites (tertiary alicyclic amines) is 1. The number of hydrogen-bond acceptors (Lipinski definition) is 5. The lowest BCUT2D eigenvalue weighted by Crippen LogP contribution is -2.36. The molecule has 1 aliphatic rings. The SMILES string of the molecule is Cc1nc(N)c(CCOC(=O)N2CCCCC2)c(=O)[nH]1. The van der Waals surface area contributed by atoms with Crippen LogP contribution in [-0.4, -0.2) is 40.7 Å². The third-order valence-electron chi connectivity index (χ3n) is 3.36. The number of piperidine rings is 1. The van der Waals surface area contributed by atoms with Crippen molar-refractivity contribution in [2.75, 3.05) is 25.4 Å². The van der Waals surface area contributed by atoms with Gasteiger partial charge in [0, 0.05) is 19.5 Å². The molecule has 1 aromatic heterocycles. The number of aromatic amines is 1. The van der Waals surface area contributed by atoms with E-state index >= 15 is 0 Å². The molecule has 2 heterocycles. The van der Waals surface area contributed by atoms with Gasteiger partial charge >= 0.3 is 6.09 Å². The molecule has 1 aliphatic heterocycles. The van der Waals surface area contributed by atoms with Gasteiger partial charge in [-0.25, -0.2) is 9.78 Å². The van der Waals surface area contributed by atoms with E-state index in [1.54, 1.807) is 11.8 Å². The summed E-state index contributed by atoms with van der Waals surface area (Å²) in [6.45, 7) is 3.28. The van der Waals surface area contributed by atoms with Crippen molar-refractivity contribution in [2.45, 2.75) is 32.6 Å². The van der Waals surface area contributed by atoms with E-state index in [0.717, 1.165) is 32.4 Å². The Hall–Kier alpha value is -2.05. The molecule has 1 aromatic rings. The minimum atomic E-state index is -0.320. The summed E-state index contributed by atoms with van der Waals surface area (Å²) < 4.78 is 5.18. The average Bonchev–Trinajstić information content (AvgIpc) is 2.42. The highest BCUT2D eigenvalue weighted by atomic mass is 16.6. The summed E-state index contributed by atoms with van der Waals surface area (Å²) in [5.74, 6) is 0.668. The third-order valence-corrected chi connectivity index (χ3v) is 3.36. The van der Waals surface area contributed by atoms with Crippen LogP contribution in [0.3, 0.4) is 0 Å². The molecule has 0 bridgehead atoms. The second-order valence-corrected chi connectivity index (χ2v) is 4.93. The molecule has 2 rings (SSSR count). The summed E-state index contributed by atoms with van der Waals surface area (Å²) in [5, 5.41) is 0. The predicted molar refractivity (Wildman–Crippen MR) is 74.5 cm³/mol. The molecule has 0 atom stereocenters. The first-order valence-electron chi connectivity index (χ1n) is 6.85. The van der Waals surface area contributed by atoms with Gasteiger partial charge in [-0.2, -0.15) is 0 Å². The van der Waals surface area contributed by atoms with Gasteiger partial charge in [0.15, 0.2) is 0 Å². The number of rotatable bonds is 3. The van der Waals surface area contributed by atoms with Crippen LogP contribution in [0.15, 0.2) is 4.79 Å². The van der Waals surface area contributed by atoms with Crippen molar-refractivity contribution in [3.63, 3.8) is 0 Å². The van der Waals surface area contributed by atoms with E-state index in [-0.39, 0.29) is 30.5 Å². The van der Waals surface area contributed by atoms with Gasteiger partial charge in [0.05, 0.1) is 12.2 Å². The lowest BCUT2D eigenvalue weighted by Gasteiger charge is -2.25. The number of ether oxygens (including phenoxy) is 1. The summed E-state index contributed by atoms with van der Waals surface area (Å²) >= 11 is 0. The van der Waals surface area contributed by atoms with Crippen LogP contribution in [0.4, 0.5) is 10.6 Å². The van der Waals surface area contributed by atoms with Gasteiger partial charge in [-0.05, 0) is 26.2 Å². The smallest absolute Gasteiger partial charge is 0.409 e. The number of nitrogens with one attached hydrogen (secondary N) is 1. The first-order chi connectivity index (χ1) is 9.58. The molecule has 3 N–H and O–H groups in total. The van der Waals surface area contributed by atoms with Crippen LogP contribution in [0.25, 0.3) is 0 Å². The maximum Gasteiger partial charge on any atom is 0.409 e. The third kappa shape index (κ3) is 3.49. The molecule has 20 heavy (non-hydrogen) atoms. The number of nitrogens with two attached hydrogens (primary N) is 1. The van der Waals surface area contributed by atoms with Crippen molar-refractivity contribution in [3.8, 4) is 0 Å². The lowest BCUT2D eigenvalue weighted by molar-refractivity contribution is 0.0961. The summed E-state index contributed by atoms with van der Waals surface area (Å²) in [7, 11) is 0. The molecule has 0 unspecified atom stereocenters. The molecule has 1 saturated heterocycles. The first kappa shape index (κ1) is 14.4. The molecule has 0 aliphatic carbocycles. The van der Waals surface area contributed by atoms with Crippen molar-refractivity contribution in [3.05, 3.63) is 21.7 Å². The maximum atomic E-state index is 11.8. The van der Waals surface area contributed by atoms with Gasteiger partial charge in [-0.3, -0.25) is 4.79 Å². The highest BCUT2D eigenvalue weighted by Crippen LogP contribution is 2.10. The molecular formula is C13H20N4O3. The number of nitrogen functional groups attached to an aromatic ring is 1. The second-order valence-electron chi connectivity index (χ2n) is 4.93. The zero-order valence-electron chi connectivity index (χ0n) is 11.6. The van der Waals surface area contributed by atoms with Gasteiger partial charge in [0.1, 0.15) is 11.6 Å². The zero-order valence-corrected chi connectivity index (χ0v) is 11.6. The minimum Gasteiger partial charge on any atom is -0.449 e. The van der Waals surface area contributed by atoms with E-state index in [0.29, 0.717) is 11.4 Å². The van der Waals surface area contributed by atoms with E-state index in [4.69, 9.17) is 10.5 Å². The van der Waals surface area contributed by atoms with Crippen molar-refractivity contribution in [1.29, 1.82) is 0 Å². The Balaban J connectivity index is 1.87. The minimum absolute atomic E-state index is 0.132. The van der Waals surface area contributed by atoms with Gasteiger partial charge in [0.25, 0.3) is 5.56 Å². The fourth-order valence-electron chi connectivity index (χ4n) is 2.28. The Kier molecular flexibility index (Phi) is 4.60. The number of aryl methyl sites for hydroxylation is 1. The summed E-state index contributed by atoms with van der Waals surface area (Å²) in [4.78, 5) is 31.8. The summed E-state index contributed by atoms with van der Waals surface area (Å²) in [6.07, 6.45) is 3.14.